The Hall–Kier alpha value is -1.29. The monoisotopic (exact) mass is 300 g/mol. The van der Waals surface area contributed by atoms with Crippen LogP contribution in [0.15, 0.2) is 53.4 Å². The molecule has 2 aromatic carbocycles. The molecule has 3 heteroatoms. The maximum Gasteiger partial charge on any atom is 0.0554 e. The molecule has 0 saturated carbocycles. The van der Waals surface area contributed by atoms with Crippen LogP contribution in [0.1, 0.15) is 36.1 Å². The van der Waals surface area contributed by atoms with E-state index in [1.54, 1.807) is 0 Å². The van der Waals surface area contributed by atoms with Gasteiger partial charge in [-0.1, -0.05) is 55.8 Å². The number of rotatable bonds is 7. The molecular weight excluding hydrogens is 276 g/mol. The van der Waals surface area contributed by atoms with Crippen LogP contribution in [0.3, 0.4) is 0 Å². The van der Waals surface area contributed by atoms with Crippen molar-refractivity contribution in [3.63, 3.8) is 0 Å². The summed E-state index contributed by atoms with van der Waals surface area (Å²) >= 11 is 1.85. The van der Waals surface area contributed by atoms with Crippen LogP contribution in [-0.2, 0) is 6.42 Å². The molecule has 2 aromatic rings. The Balaban J connectivity index is 2.06. The van der Waals surface area contributed by atoms with Crippen LogP contribution >= 0.6 is 11.8 Å². The largest absolute Gasteiger partial charge is 0.271 e. The van der Waals surface area contributed by atoms with E-state index in [2.05, 4.69) is 67.8 Å². The Bertz CT molecular complexity index is 569. The third-order valence-corrected chi connectivity index (χ3v) is 4.86. The number of aryl methyl sites for hydroxylation is 2. The lowest BCUT2D eigenvalue weighted by atomic mass is 10.0. The highest BCUT2D eigenvalue weighted by atomic mass is 32.2. The first-order chi connectivity index (χ1) is 10.2. The third-order valence-electron chi connectivity index (χ3n) is 3.59. The zero-order chi connectivity index (χ0) is 15.1. The molecule has 1 unspecified atom stereocenters. The van der Waals surface area contributed by atoms with Gasteiger partial charge >= 0.3 is 0 Å². The lowest BCUT2D eigenvalue weighted by Gasteiger charge is -2.17. The zero-order valence-corrected chi connectivity index (χ0v) is 13.6. The van der Waals surface area contributed by atoms with Crippen LogP contribution in [0.4, 0.5) is 0 Å². The Kier molecular flexibility index (Phi) is 6.30. The van der Waals surface area contributed by atoms with Gasteiger partial charge in [0.05, 0.1) is 6.04 Å². The molecule has 0 aliphatic carbocycles. The second kappa shape index (κ2) is 8.23. The molecule has 0 aliphatic rings. The molecule has 2 rings (SSSR count). The minimum absolute atomic E-state index is 0.173. The molecule has 21 heavy (non-hydrogen) atoms. The molecule has 112 valence electrons. The van der Waals surface area contributed by atoms with Crippen molar-refractivity contribution >= 4 is 11.8 Å². The Labute approximate surface area is 132 Å². The highest BCUT2D eigenvalue weighted by Gasteiger charge is 2.11. The molecule has 0 fully saturated rings. The molecule has 3 N–H and O–H groups in total. The number of nitrogens with two attached hydrogens (primary N) is 1. The summed E-state index contributed by atoms with van der Waals surface area (Å²) in [5.41, 5.74) is 6.93. The maximum atomic E-state index is 5.77. The summed E-state index contributed by atoms with van der Waals surface area (Å²) in [5, 5.41) is 0. The fraction of sp³-hybridized carbons (Fsp3) is 0.333. The molecule has 1 atom stereocenters. The average Bonchev–Trinajstić information content (AvgIpc) is 2.50. The number of hydrazine groups is 1. The molecular formula is C18H24N2S. The highest BCUT2D eigenvalue weighted by Crippen LogP contribution is 2.27. The fourth-order valence-corrected chi connectivity index (χ4v) is 3.49. The standard InChI is InChI=1S/C18H24N2S/c1-3-7-15-9-6-10-16(12-15)17(20-19)13-21-18-11-5-4-8-14(18)2/h4-6,8-12,17,20H,3,7,13,19H2,1-2H3. The van der Waals surface area contributed by atoms with E-state index < -0.39 is 0 Å². The van der Waals surface area contributed by atoms with E-state index in [9.17, 15) is 0 Å². The van der Waals surface area contributed by atoms with Crippen LogP contribution in [0.25, 0.3) is 0 Å². The molecule has 2 nitrogen and oxygen atoms in total. The predicted molar refractivity (Wildman–Crippen MR) is 92.4 cm³/mol. The highest BCUT2D eigenvalue weighted by molar-refractivity contribution is 7.99. The predicted octanol–water partition coefficient (Wildman–Crippen LogP) is 4.24. The SMILES string of the molecule is CCCc1cccc(C(CSc2ccccc2C)NN)c1. The van der Waals surface area contributed by atoms with E-state index in [1.165, 1.54) is 28.0 Å². The second-order valence-corrected chi connectivity index (χ2v) is 6.35. The van der Waals surface area contributed by atoms with Crippen LogP contribution < -0.4 is 11.3 Å². The summed E-state index contributed by atoms with van der Waals surface area (Å²) in [5.74, 6) is 6.70. The maximum absolute atomic E-state index is 5.77. The van der Waals surface area contributed by atoms with Crippen molar-refractivity contribution in [1.29, 1.82) is 0 Å². The van der Waals surface area contributed by atoms with Gasteiger partial charge in [0, 0.05) is 10.6 Å². The van der Waals surface area contributed by atoms with Crippen molar-refractivity contribution in [3.8, 4) is 0 Å². The van der Waals surface area contributed by atoms with Crippen molar-refractivity contribution in [2.45, 2.75) is 37.6 Å². The normalized spacial score (nSPS) is 12.3. The summed E-state index contributed by atoms with van der Waals surface area (Å²) < 4.78 is 0. The van der Waals surface area contributed by atoms with Gasteiger partial charge in [0.1, 0.15) is 0 Å². The molecule has 0 aromatic heterocycles. The van der Waals surface area contributed by atoms with Crippen LogP contribution in [0.2, 0.25) is 0 Å². The quantitative estimate of drug-likeness (QED) is 0.456. The lowest BCUT2D eigenvalue weighted by molar-refractivity contribution is 0.610. The second-order valence-electron chi connectivity index (χ2n) is 5.29. The van der Waals surface area contributed by atoms with Gasteiger partial charge in [-0.05, 0) is 36.1 Å². The first-order valence-electron chi connectivity index (χ1n) is 7.48. The Morgan fingerprint density at radius 1 is 1.14 bits per heavy atom. The third kappa shape index (κ3) is 4.60. The fourth-order valence-electron chi connectivity index (χ4n) is 2.39. The van der Waals surface area contributed by atoms with Crippen LogP contribution in [-0.4, -0.2) is 5.75 Å². The van der Waals surface area contributed by atoms with Crippen LogP contribution in [0, 0.1) is 6.92 Å². The average molecular weight is 300 g/mol. The van der Waals surface area contributed by atoms with Gasteiger partial charge in [0.15, 0.2) is 0 Å². The summed E-state index contributed by atoms with van der Waals surface area (Å²) in [6.07, 6.45) is 2.29. The minimum Gasteiger partial charge on any atom is -0.271 e. The molecule has 0 heterocycles. The molecule has 0 spiro atoms. The van der Waals surface area contributed by atoms with Gasteiger partial charge in [0.25, 0.3) is 0 Å². The first kappa shape index (κ1) is 16.1. The van der Waals surface area contributed by atoms with Crippen molar-refractivity contribution in [3.05, 3.63) is 65.2 Å². The number of hydrogen-bond donors (Lipinski definition) is 2. The number of hydrogen-bond acceptors (Lipinski definition) is 3. The zero-order valence-electron chi connectivity index (χ0n) is 12.8. The number of benzene rings is 2. The Morgan fingerprint density at radius 2 is 1.95 bits per heavy atom. The topological polar surface area (TPSA) is 38.0 Å². The van der Waals surface area contributed by atoms with Gasteiger partial charge in [-0.25, -0.2) is 0 Å². The minimum atomic E-state index is 0.173. The van der Waals surface area contributed by atoms with Crippen molar-refractivity contribution in [2.75, 3.05) is 5.75 Å². The molecule has 0 saturated heterocycles. The van der Waals surface area contributed by atoms with E-state index in [1.807, 2.05) is 11.8 Å². The lowest BCUT2D eigenvalue weighted by Crippen LogP contribution is -2.29. The van der Waals surface area contributed by atoms with Gasteiger partial charge in [0.2, 0.25) is 0 Å². The van der Waals surface area contributed by atoms with Crippen molar-refractivity contribution in [1.82, 2.24) is 5.43 Å². The van der Waals surface area contributed by atoms with Gasteiger partial charge in [-0.3, -0.25) is 11.3 Å². The molecule has 0 aliphatic heterocycles. The molecule has 0 bridgehead atoms. The van der Waals surface area contributed by atoms with Gasteiger partial charge in [-0.2, -0.15) is 0 Å². The summed E-state index contributed by atoms with van der Waals surface area (Å²) in [6.45, 7) is 4.36. The van der Waals surface area contributed by atoms with Crippen molar-refractivity contribution in [2.24, 2.45) is 5.84 Å². The van der Waals surface area contributed by atoms with E-state index in [0.29, 0.717) is 0 Å². The Morgan fingerprint density at radius 3 is 2.67 bits per heavy atom. The van der Waals surface area contributed by atoms with E-state index in [4.69, 9.17) is 5.84 Å². The van der Waals surface area contributed by atoms with Crippen LogP contribution in [0.5, 0.6) is 0 Å². The smallest absolute Gasteiger partial charge is 0.0554 e. The summed E-state index contributed by atoms with van der Waals surface area (Å²) in [6, 6.07) is 17.4. The van der Waals surface area contributed by atoms with E-state index in [0.717, 1.165) is 12.2 Å². The van der Waals surface area contributed by atoms with E-state index >= 15 is 0 Å². The molecule has 0 radical (unpaired) electrons. The first-order valence-corrected chi connectivity index (χ1v) is 8.46. The van der Waals surface area contributed by atoms with Gasteiger partial charge in [-0.15, -0.1) is 11.8 Å². The number of nitrogens with one attached hydrogen (secondary N) is 1. The summed E-state index contributed by atoms with van der Waals surface area (Å²) in [7, 11) is 0. The molecule has 0 amide bonds. The summed E-state index contributed by atoms with van der Waals surface area (Å²) in [4.78, 5) is 1.32. The van der Waals surface area contributed by atoms with E-state index in [-0.39, 0.29) is 6.04 Å². The number of thioether (sulfide) groups is 1. The van der Waals surface area contributed by atoms with Gasteiger partial charge < -0.3 is 0 Å². The van der Waals surface area contributed by atoms with Crippen molar-refractivity contribution < 1.29 is 0 Å².